The Morgan fingerprint density at radius 3 is 2.24 bits per heavy atom. The van der Waals surface area contributed by atoms with Gasteiger partial charge in [-0.25, -0.2) is 0 Å². The van der Waals surface area contributed by atoms with Gasteiger partial charge in [0, 0.05) is 19.5 Å². The van der Waals surface area contributed by atoms with Crippen LogP contribution in [0, 0.1) is 0 Å². The van der Waals surface area contributed by atoms with Crippen LogP contribution in [0.5, 0.6) is 0 Å². The van der Waals surface area contributed by atoms with Crippen LogP contribution in [0.4, 0.5) is 0 Å². The van der Waals surface area contributed by atoms with Gasteiger partial charge in [-0.1, -0.05) is 54.6 Å². The lowest BCUT2D eigenvalue weighted by Gasteiger charge is -2.13. The second-order valence-electron chi connectivity index (χ2n) is 7.15. The molecule has 3 aromatic rings. The molecule has 3 aromatic carbocycles. The largest absolute Gasteiger partial charge is 0.356 e. The van der Waals surface area contributed by atoms with Crippen LogP contribution in [0.25, 0.3) is 10.8 Å². The highest BCUT2D eigenvalue weighted by molar-refractivity contribution is 6.21. The van der Waals surface area contributed by atoms with Crippen LogP contribution in [0.2, 0.25) is 0 Å². The summed E-state index contributed by atoms with van der Waals surface area (Å²) < 4.78 is 0. The van der Waals surface area contributed by atoms with Crippen LogP contribution in [0.1, 0.15) is 39.1 Å². The number of benzene rings is 3. The summed E-state index contributed by atoms with van der Waals surface area (Å²) in [5.74, 6) is -0.620. The van der Waals surface area contributed by atoms with Gasteiger partial charge in [0.25, 0.3) is 11.8 Å². The van der Waals surface area contributed by atoms with Gasteiger partial charge in [0.05, 0.1) is 11.1 Å². The number of fused-ring (bicyclic) bond motifs is 2. The van der Waals surface area contributed by atoms with E-state index in [0.717, 1.165) is 6.42 Å². The number of hydrogen-bond acceptors (Lipinski definition) is 3. The number of nitrogens with one attached hydrogen (secondary N) is 1. The van der Waals surface area contributed by atoms with Gasteiger partial charge in [-0.2, -0.15) is 0 Å². The third-order valence-corrected chi connectivity index (χ3v) is 5.26. The van der Waals surface area contributed by atoms with Crippen molar-refractivity contribution in [3.8, 4) is 0 Å². The van der Waals surface area contributed by atoms with Crippen molar-refractivity contribution in [1.29, 1.82) is 0 Å². The molecule has 29 heavy (non-hydrogen) atoms. The molecule has 5 heteroatoms. The Morgan fingerprint density at radius 1 is 0.828 bits per heavy atom. The molecule has 0 radical (unpaired) electrons. The van der Waals surface area contributed by atoms with Crippen molar-refractivity contribution in [2.75, 3.05) is 13.1 Å². The molecule has 0 saturated carbocycles. The molecule has 0 fully saturated rings. The lowest BCUT2D eigenvalue weighted by Crippen LogP contribution is -2.32. The Kier molecular flexibility index (Phi) is 5.38. The molecule has 1 N–H and O–H groups in total. The predicted octanol–water partition coefficient (Wildman–Crippen LogP) is 3.57. The summed E-state index contributed by atoms with van der Waals surface area (Å²) in [5, 5.41) is 5.33. The van der Waals surface area contributed by atoms with Gasteiger partial charge in [-0.3, -0.25) is 19.3 Å². The third-order valence-electron chi connectivity index (χ3n) is 5.26. The molecule has 0 aromatic heterocycles. The summed E-state index contributed by atoms with van der Waals surface area (Å²) >= 11 is 0. The van der Waals surface area contributed by atoms with E-state index in [1.807, 2.05) is 18.2 Å². The third kappa shape index (κ3) is 3.90. The first-order chi connectivity index (χ1) is 14.1. The fraction of sp³-hybridized carbons (Fsp3) is 0.208. The summed E-state index contributed by atoms with van der Waals surface area (Å²) in [6.07, 6.45) is 1.49. The molecule has 1 aliphatic rings. The second kappa shape index (κ2) is 8.27. The molecule has 1 heterocycles. The van der Waals surface area contributed by atoms with Crippen LogP contribution in [-0.2, 0) is 11.2 Å². The zero-order valence-corrected chi connectivity index (χ0v) is 16.1. The van der Waals surface area contributed by atoms with Gasteiger partial charge in [-0.15, -0.1) is 0 Å². The molecule has 3 amide bonds. The van der Waals surface area contributed by atoms with Crippen molar-refractivity contribution in [3.63, 3.8) is 0 Å². The average Bonchev–Trinajstić information content (AvgIpc) is 2.99. The molecule has 4 rings (SSSR count). The van der Waals surface area contributed by atoms with E-state index in [2.05, 4.69) is 29.6 Å². The Labute approximate surface area is 169 Å². The molecular weight excluding hydrogens is 364 g/mol. The minimum atomic E-state index is -0.276. The van der Waals surface area contributed by atoms with E-state index in [-0.39, 0.29) is 30.7 Å². The maximum atomic E-state index is 12.3. The SMILES string of the molecule is O=C(CCCN1C(=O)c2ccccc2C1=O)NCCc1cccc2ccccc12. The van der Waals surface area contributed by atoms with Crippen molar-refractivity contribution in [2.45, 2.75) is 19.3 Å². The molecule has 146 valence electrons. The van der Waals surface area contributed by atoms with E-state index in [1.165, 1.54) is 21.2 Å². The topological polar surface area (TPSA) is 66.5 Å². The van der Waals surface area contributed by atoms with E-state index in [1.54, 1.807) is 24.3 Å². The highest BCUT2D eigenvalue weighted by atomic mass is 16.2. The zero-order chi connectivity index (χ0) is 20.2. The van der Waals surface area contributed by atoms with Crippen LogP contribution in [0.3, 0.4) is 0 Å². The number of nitrogens with zero attached hydrogens (tertiary/aromatic N) is 1. The van der Waals surface area contributed by atoms with E-state index < -0.39 is 0 Å². The Bertz CT molecular complexity index is 1050. The van der Waals surface area contributed by atoms with Gasteiger partial charge < -0.3 is 5.32 Å². The Balaban J connectivity index is 1.24. The van der Waals surface area contributed by atoms with Gasteiger partial charge in [0.15, 0.2) is 0 Å². The minimum Gasteiger partial charge on any atom is -0.356 e. The van der Waals surface area contributed by atoms with E-state index in [4.69, 9.17) is 0 Å². The first-order valence-electron chi connectivity index (χ1n) is 9.84. The monoisotopic (exact) mass is 386 g/mol. The van der Waals surface area contributed by atoms with Crippen molar-refractivity contribution in [1.82, 2.24) is 10.2 Å². The van der Waals surface area contributed by atoms with Crippen molar-refractivity contribution in [2.24, 2.45) is 0 Å². The smallest absolute Gasteiger partial charge is 0.261 e. The standard InChI is InChI=1S/C24H22N2O3/c27-22(25-15-14-18-9-5-8-17-7-1-2-10-19(17)18)13-6-16-26-23(28)20-11-3-4-12-21(20)24(26)29/h1-5,7-12H,6,13-16H2,(H,25,27). The lowest BCUT2D eigenvalue weighted by atomic mass is 10.0. The lowest BCUT2D eigenvalue weighted by molar-refractivity contribution is -0.121. The van der Waals surface area contributed by atoms with Gasteiger partial charge in [0.2, 0.25) is 5.91 Å². The number of carbonyl (C=O) groups excluding carboxylic acids is 3. The van der Waals surface area contributed by atoms with Crippen LogP contribution < -0.4 is 5.32 Å². The highest BCUT2D eigenvalue weighted by Crippen LogP contribution is 2.22. The van der Waals surface area contributed by atoms with E-state index >= 15 is 0 Å². The number of amides is 3. The first-order valence-corrected chi connectivity index (χ1v) is 9.84. The molecule has 0 aliphatic carbocycles. The molecule has 0 unspecified atom stereocenters. The summed E-state index contributed by atoms with van der Waals surface area (Å²) in [4.78, 5) is 38.0. The van der Waals surface area contributed by atoms with Gasteiger partial charge in [0.1, 0.15) is 0 Å². The summed E-state index contributed by atoms with van der Waals surface area (Å²) in [6, 6.07) is 21.2. The minimum absolute atomic E-state index is 0.0677. The fourth-order valence-electron chi connectivity index (χ4n) is 3.78. The quantitative estimate of drug-likeness (QED) is 0.631. The summed E-state index contributed by atoms with van der Waals surface area (Å²) in [5.41, 5.74) is 2.09. The number of carbonyl (C=O) groups is 3. The van der Waals surface area contributed by atoms with E-state index in [0.29, 0.717) is 24.1 Å². The molecule has 0 bridgehead atoms. The second-order valence-corrected chi connectivity index (χ2v) is 7.15. The highest BCUT2D eigenvalue weighted by Gasteiger charge is 2.34. The maximum absolute atomic E-state index is 12.3. The summed E-state index contributed by atoms with van der Waals surface area (Å²) in [6.45, 7) is 0.808. The van der Waals surface area contributed by atoms with Crippen molar-refractivity contribution < 1.29 is 14.4 Å². The molecule has 5 nitrogen and oxygen atoms in total. The normalized spacial score (nSPS) is 13.0. The van der Waals surface area contributed by atoms with E-state index in [9.17, 15) is 14.4 Å². The molecule has 1 aliphatic heterocycles. The molecular formula is C24H22N2O3. The van der Waals surface area contributed by atoms with Crippen LogP contribution >= 0.6 is 0 Å². The van der Waals surface area contributed by atoms with Gasteiger partial charge in [-0.05, 0) is 41.3 Å². The number of imide groups is 1. The van der Waals surface area contributed by atoms with Crippen LogP contribution in [-0.4, -0.2) is 35.7 Å². The number of hydrogen-bond donors (Lipinski definition) is 1. The molecule has 0 spiro atoms. The zero-order valence-electron chi connectivity index (χ0n) is 16.1. The number of rotatable bonds is 7. The summed E-state index contributed by atoms with van der Waals surface area (Å²) in [7, 11) is 0. The molecule has 0 saturated heterocycles. The maximum Gasteiger partial charge on any atom is 0.261 e. The first kappa shape index (κ1) is 18.9. The van der Waals surface area contributed by atoms with Crippen molar-refractivity contribution in [3.05, 3.63) is 83.4 Å². The Hall–Kier alpha value is -3.47. The average molecular weight is 386 g/mol. The van der Waals surface area contributed by atoms with Crippen LogP contribution in [0.15, 0.2) is 66.7 Å². The van der Waals surface area contributed by atoms with Gasteiger partial charge >= 0.3 is 0 Å². The molecule has 0 atom stereocenters. The Morgan fingerprint density at radius 2 is 1.48 bits per heavy atom. The fourth-order valence-corrected chi connectivity index (χ4v) is 3.78. The predicted molar refractivity (Wildman–Crippen MR) is 112 cm³/mol. The van der Waals surface area contributed by atoms with Crippen molar-refractivity contribution >= 4 is 28.5 Å².